The molecule has 0 radical (unpaired) electrons. The number of fused-ring (bicyclic) bond motifs is 1. The van der Waals surface area contributed by atoms with Gasteiger partial charge in [0.15, 0.2) is 5.78 Å². The lowest BCUT2D eigenvalue weighted by Gasteiger charge is -2.17. The van der Waals surface area contributed by atoms with Gasteiger partial charge in [-0.2, -0.15) is 0 Å². The number of pyridine rings is 1. The maximum atomic E-state index is 11.8. The van der Waals surface area contributed by atoms with Crippen LogP contribution in [0.1, 0.15) is 44.8 Å². The maximum Gasteiger partial charge on any atom is 0.343 e. The maximum absolute atomic E-state index is 11.8. The van der Waals surface area contributed by atoms with Gasteiger partial charge in [-0.25, -0.2) is 4.79 Å². The van der Waals surface area contributed by atoms with Gasteiger partial charge in [-0.1, -0.05) is 0 Å². The number of carbonyl (C=O) groups is 2. The summed E-state index contributed by atoms with van der Waals surface area (Å²) >= 11 is 0. The molecule has 0 atom stereocenters. The molecule has 0 saturated heterocycles. The average molecular weight is 235 g/mol. The highest BCUT2D eigenvalue weighted by Gasteiger charge is 2.26. The molecular weight excluding hydrogens is 222 g/mol. The van der Waals surface area contributed by atoms with Crippen molar-refractivity contribution in [1.82, 2.24) is 4.98 Å². The van der Waals surface area contributed by atoms with Crippen LogP contribution >= 0.6 is 0 Å². The minimum Gasteiger partial charge on any atom is -0.465 e. The fraction of sp³-hybridized carbons (Fsp3) is 0.417. The SMILES string of the molecule is COC(=O)c1c(C)c2c([nH]c1=O)CCCC2=O. The van der Waals surface area contributed by atoms with Crippen LogP contribution in [-0.2, 0) is 11.2 Å². The molecule has 0 spiro atoms. The summed E-state index contributed by atoms with van der Waals surface area (Å²) in [5.41, 5.74) is 0.997. The van der Waals surface area contributed by atoms with Crippen LogP contribution in [0.3, 0.4) is 0 Å². The number of carbonyl (C=O) groups excluding carboxylic acids is 2. The van der Waals surface area contributed by atoms with E-state index in [0.29, 0.717) is 29.7 Å². The molecule has 0 saturated carbocycles. The fourth-order valence-corrected chi connectivity index (χ4v) is 2.25. The number of rotatable bonds is 1. The van der Waals surface area contributed by atoms with Crippen molar-refractivity contribution in [2.45, 2.75) is 26.2 Å². The van der Waals surface area contributed by atoms with E-state index >= 15 is 0 Å². The molecule has 1 aliphatic carbocycles. The van der Waals surface area contributed by atoms with Gasteiger partial charge < -0.3 is 9.72 Å². The number of hydrogen-bond acceptors (Lipinski definition) is 4. The minimum atomic E-state index is -0.704. The van der Waals surface area contributed by atoms with E-state index in [1.165, 1.54) is 7.11 Å². The van der Waals surface area contributed by atoms with E-state index < -0.39 is 11.5 Å². The predicted octanol–water partition coefficient (Wildman–Crippen LogP) is 0.989. The second kappa shape index (κ2) is 4.16. The Labute approximate surface area is 97.8 Å². The van der Waals surface area contributed by atoms with Gasteiger partial charge in [0, 0.05) is 17.7 Å². The molecule has 0 bridgehead atoms. The number of esters is 1. The van der Waals surface area contributed by atoms with Crippen molar-refractivity contribution in [3.05, 3.63) is 32.7 Å². The molecule has 1 N–H and O–H groups in total. The summed E-state index contributed by atoms with van der Waals surface area (Å²) in [5, 5.41) is 0. The van der Waals surface area contributed by atoms with E-state index in [1.807, 2.05) is 0 Å². The lowest BCUT2D eigenvalue weighted by atomic mass is 9.89. The van der Waals surface area contributed by atoms with E-state index in [0.717, 1.165) is 6.42 Å². The zero-order valence-corrected chi connectivity index (χ0v) is 9.75. The summed E-state index contributed by atoms with van der Waals surface area (Å²) in [7, 11) is 1.21. The number of nitrogens with one attached hydrogen (secondary N) is 1. The smallest absolute Gasteiger partial charge is 0.343 e. The third kappa shape index (κ3) is 1.77. The van der Waals surface area contributed by atoms with Crippen LogP contribution in [0.5, 0.6) is 0 Å². The highest BCUT2D eigenvalue weighted by atomic mass is 16.5. The first-order chi connectivity index (χ1) is 8.06. The first-order valence-electron chi connectivity index (χ1n) is 5.43. The van der Waals surface area contributed by atoms with Gasteiger partial charge in [-0.15, -0.1) is 0 Å². The predicted molar refractivity (Wildman–Crippen MR) is 60.4 cm³/mol. The second-order valence-corrected chi connectivity index (χ2v) is 4.08. The molecule has 0 unspecified atom stereocenters. The summed E-state index contributed by atoms with van der Waals surface area (Å²) in [6, 6.07) is 0. The number of hydrogen-bond donors (Lipinski definition) is 1. The number of aromatic nitrogens is 1. The van der Waals surface area contributed by atoms with Crippen LogP contribution in [0.25, 0.3) is 0 Å². The Morgan fingerprint density at radius 2 is 2.00 bits per heavy atom. The van der Waals surface area contributed by atoms with Crippen LogP contribution in [0.2, 0.25) is 0 Å². The van der Waals surface area contributed by atoms with Gasteiger partial charge in [0.1, 0.15) is 5.56 Å². The van der Waals surface area contributed by atoms with Gasteiger partial charge in [-0.05, 0) is 25.3 Å². The van der Waals surface area contributed by atoms with Gasteiger partial charge in [0.05, 0.1) is 7.11 Å². The molecule has 0 fully saturated rings. The first kappa shape index (κ1) is 11.6. The van der Waals surface area contributed by atoms with E-state index in [-0.39, 0.29) is 11.3 Å². The quantitative estimate of drug-likeness (QED) is 0.736. The number of aromatic amines is 1. The number of H-pyrrole nitrogens is 1. The van der Waals surface area contributed by atoms with Crippen molar-refractivity contribution in [2.24, 2.45) is 0 Å². The van der Waals surface area contributed by atoms with Crippen LogP contribution in [0, 0.1) is 6.92 Å². The lowest BCUT2D eigenvalue weighted by molar-refractivity contribution is 0.0597. The molecule has 17 heavy (non-hydrogen) atoms. The Balaban J connectivity index is 2.72. The summed E-state index contributed by atoms with van der Waals surface area (Å²) < 4.78 is 4.55. The highest BCUT2D eigenvalue weighted by molar-refractivity contribution is 6.02. The Hall–Kier alpha value is -1.91. The highest BCUT2D eigenvalue weighted by Crippen LogP contribution is 2.23. The topological polar surface area (TPSA) is 76.2 Å². The minimum absolute atomic E-state index is 0.0230. The number of aryl methyl sites for hydroxylation is 1. The molecule has 1 aromatic heterocycles. The van der Waals surface area contributed by atoms with Crippen molar-refractivity contribution in [1.29, 1.82) is 0 Å². The van der Waals surface area contributed by atoms with Crippen molar-refractivity contribution >= 4 is 11.8 Å². The zero-order valence-electron chi connectivity index (χ0n) is 9.75. The Morgan fingerprint density at radius 3 is 2.65 bits per heavy atom. The Bertz CT molecular complexity index is 556. The summed E-state index contributed by atoms with van der Waals surface area (Å²) in [6.45, 7) is 1.61. The third-order valence-electron chi connectivity index (χ3n) is 3.04. The molecule has 5 nitrogen and oxygen atoms in total. The van der Waals surface area contributed by atoms with Crippen LogP contribution in [0.15, 0.2) is 4.79 Å². The molecular formula is C12H13NO4. The fourth-order valence-electron chi connectivity index (χ4n) is 2.25. The van der Waals surface area contributed by atoms with E-state index in [9.17, 15) is 14.4 Å². The summed E-state index contributed by atoms with van der Waals surface area (Å²) in [4.78, 5) is 37.7. The molecule has 0 aliphatic heterocycles. The number of methoxy groups -OCH3 is 1. The van der Waals surface area contributed by atoms with Gasteiger partial charge >= 0.3 is 5.97 Å². The Morgan fingerprint density at radius 1 is 1.29 bits per heavy atom. The standard InChI is InChI=1S/C12H13NO4/c1-6-9-7(4-3-5-8(9)14)13-11(15)10(6)12(16)17-2/h3-5H2,1-2H3,(H,13,15). The Kier molecular flexibility index (Phi) is 2.83. The summed E-state index contributed by atoms with van der Waals surface area (Å²) in [6.07, 6.45) is 1.86. The molecule has 1 heterocycles. The molecule has 5 heteroatoms. The van der Waals surface area contributed by atoms with Gasteiger partial charge in [-0.3, -0.25) is 9.59 Å². The number of ketones is 1. The van der Waals surface area contributed by atoms with Crippen molar-refractivity contribution in [3.63, 3.8) is 0 Å². The van der Waals surface area contributed by atoms with Gasteiger partial charge in [0.25, 0.3) is 5.56 Å². The van der Waals surface area contributed by atoms with E-state index in [4.69, 9.17) is 0 Å². The molecule has 1 aliphatic rings. The second-order valence-electron chi connectivity index (χ2n) is 4.08. The monoisotopic (exact) mass is 235 g/mol. The first-order valence-corrected chi connectivity index (χ1v) is 5.43. The van der Waals surface area contributed by atoms with E-state index in [2.05, 4.69) is 9.72 Å². The van der Waals surface area contributed by atoms with Crippen LogP contribution in [0.4, 0.5) is 0 Å². The molecule has 90 valence electrons. The van der Waals surface area contributed by atoms with Crippen LogP contribution in [-0.4, -0.2) is 23.8 Å². The normalized spacial score (nSPS) is 14.4. The molecule has 0 aromatic carbocycles. The average Bonchev–Trinajstić information content (AvgIpc) is 2.28. The summed E-state index contributed by atoms with van der Waals surface area (Å²) in [5.74, 6) is -0.727. The molecule has 1 aromatic rings. The van der Waals surface area contributed by atoms with Crippen molar-refractivity contribution in [3.8, 4) is 0 Å². The lowest BCUT2D eigenvalue weighted by Crippen LogP contribution is -2.27. The number of Topliss-reactive ketones (excluding diaryl/α,β-unsaturated/α-hetero) is 1. The van der Waals surface area contributed by atoms with E-state index in [1.54, 1.807) is 6.92 Å². The number of ether oxygens (including phenoxy) is 1. The molecule has 2 rings (SSSR count). The van der Waals surface area contributed by atoms with Crippen molar-refractivity contribution < 1.29 is 14.3 Å². The van der Waals surface area contributed by atoms with Crippen molar-refractivity contribution in [2.75, 3.05) is 7.11 Å². The third-order valence-corrected chi connectivity index (χ3v) is 3.04. The van der Waals surface area contributed by atoms with Crippen LogP contribution < -0.4 is 5.56 Å². The molecule has 0 amide bonds. The zero-order chi connectivity index (χ0) is 12.6. The van der Waals surface area contributed by atoms with Gasteiger partial charge in [0.2, 0.25) is 0 Å². The largest absolute Gasteiger partial charge is 0.465 e.